The molecule has 0 spiro atoms. The standard InChI is InChI=1S/C17H20F3N3OS/c1-22(11-17(18,19)20)15(24)10-23-8-6-12(7-9-23)16-21-13-4-2-3-5-14(13)25-16/h2-5,12H,6-11H2,1H3. The molecular weight excluding hydrogens is 351 g/mol. The topological polar surface area (TPSA) is 36.4 Å². The Morgan fingerprint density at radius 3 is 2.64 bits per heavy atom. The van der Waals surface area contributed by atoms with Crippen LogP contribution in [0.15, 0.2) is 24.3 Å². The summed E-state index contributed by atoms with van der Waals surface area (Å²) in [5, 5.41) is 1.11. The van der Waals surface area contributed by atoms with Crippen molar-refractivity contribution in [2.45, 2.75) is 24.9 Å². The largest absolute Gasteiger partial charge is 0.406 e. The first-order valence-electron chi connectivity index (χ1n) is 8.20. The van der Waals surface area contributed by atoms with Gasteiger partial charge in [-0.1, -0.05) is 12.1 Å². The van der Waals surface area contributed by atoms with E-state index in [1.165, 1.54) is 11.7 Å². The zero-order valence-corrected chi connectivity index (χ0v) is 14.7. The molecule has 0 atom stereocenters. The van der Waals surface area contributed by atoms with Crippen LogP contribution in [-0.4, -0.2) is 60.1 Å². The predicted octanol–water partition coefficient (Wildman–Crippen LogP) is 3.50. The predicted molar refractivity (Wildman–Crippen MR) is 91.7 cm³/mol. The molecule has 1 aromatic heterocycles. The Hall–Kier alpha value is -1.67. The number of fused-ring (bicyclic) bond motifs is 1. The van der Waals surface area contributed by atoms with Crippen LogP contribution in [0.3, 0.4) is 0 Å². The van der Waals surface area contributed by atoms with Gasteiger partial charge in [0.05, 0.1) is 21.8 Å². The van der Waals surface area contributed by atoms with Crippen molar-refractivity contribution in [2.75, 3.05) is 33.2 Å². The van der Waals surface area contributed by atoms with Crippen molar-refractivity contribution in [2.24, 2.45) is 0 Å². The van der Waals surface area contributed by atoms with Gasteiger partial charge in [-0.15, -0.1) is 11.3 Å². The number of likely N-dealkylation sites (tertiary alicyclic amines) is 1. The highest BCUT2D eigenvalue weighted by molar-refractivity contribution is 7.18. The van der Waals surface area contributed by atoms with Crippen LogP contribution >= 0.6 is 11.3 Å². The molecule has 0 unspecified atom stereocenters. The molecule has 1 fully saturated rings. The molecule has 0 aliphatic carbocycles. The number of piperidine rings is 1. The molecule has 0 N–H and O–H groups in total. The molecule has 2 aromatic rings. The van der Waals surface area contributed by atoms with Crippen LogP contribution in [0, 0.1) is 0 Å². The molecule has 0 radical (unpaired) electrons. The summed E-state index contributed by atoms with van der Waals surface area (Å²) in [4.78, 5) is 19.3. The van der Waals surface area contributed by atoms with Crippen LogP contribution in [0.4, 0.5) is 13.2 Å². The van der Waals surface area contributed by atoms with Crippen molar-refractivity contribution in [3.8, 4) is 0 Å². The van der Waals surface area contributed by atoms with E-state index >= 15 is 0 Å². The quantitative estimate of drug-likeness (QED) is 0.825. The van der Waals surface area contributed by atoms with Crippen LogP contribution in [0.1, 0.15) is 23.8 Å². The van der Waals surface area contributed by atoms with Crippen molar-refractivity contribution in [1.29, 1.82) is 0 Å². The normalized spacial score (nSPS) is 17.1. The highest BCUT2D eigenvalue weighted by Gasteiger charge is 2.32. The number of thiazole rings is 1. The number of hydrogen-bond donors (Lipinski definition) is 0. The number of para-hydroxylation sites is 1. The summed E-state index contributed by atoms with van der Waals surface area (Å²) in [5.41, 5.74) is 1.01. The highest BCUT2D eigenvalue weighted by Crippen LogP contribution is 2.33. The van der Waals surface area contributed by atoms with Gasteiger partial charge in [-0.3, -0.25) is 9.69 Å². The van der Waals surface area contributed by atoms with Gasteiger partial charge in [0, 0.05) is 13.0 Å². The first-order valence-corrected chi connectivity index (χ1v) is 9.02. The second-order valence-electron chi connectivity index (χ2n) is 6.44. The Kier molecular flexibility index (Phi) is 5.29. The smallest absolute Gasteiger partial charge is 0.336 e. The van der Waals surface area contributed by atoms with E-state index in [4.69, 9.17) is 4.98 Å². The maximum atomic E-state index is 12.4. The number of likely N-dealkylation sites (N-methyl/N-ethyl adjacent to an activating group) is 1. The van der Waals surface area contributed by atoms with Gasteiger partial charge < -0.3 is 4.90 Å². The molecule has 2 heterocycles. The van der Waals surface area contributed by atoms with Gasteiger partial charge in [-0.25, -0.2) is 4.98 Å². The Balaban J connectivity index is 1.52. The lowest BCUT2D eigenvalue weighted by Crippen LogP contribution is -2.44. The maximum Gasteiger partial charge on any atom is 0.406 e. The highest BCUT2D eigenvalue weighted by atomic mass is 32.1. The molecule has 1 saturated heterocycles. The minimum Gasteiger partial charge on any atom is -0.336 e. The minimum absolute atomic E-state index is 0.0408. The summed E-state index contributed by atoms with van der Waals surface area (Å²) in [6.07, 6.45) is -2.61. The van der Waals surface area contributed by atoms with Gasteiger partial charge in [-0.05, 0) is 38.1 Å². The monoisotopic (exact) mass is 371 g/mol. The lowest BCUT2D eigenvalue weighted by atomic mass is 9.97. The van der Waals surface area contributed by atoms with Crippen molar-refractivity contribution < 1.29 is 18.0 Å². The Morgan fingerprint density at radius 2 is 2.00 bits per heavy atom. The van der Waals surface area contributed by atoms with E-state index in [0.29, 0.717) is 19.0 Å². The first-order chi connectivity index (χ1) is 11.8. The molecular formula is C17H20F3N3OS. The second-order valence-corrected chi connectivity index (χ2v) is 7.50. The van der Waals surface area contributed by atoms with Gasteiger partial charge in [-0.2, -0.15) is 13.2 Å². The molecule has 1 aliphatic heterocycles. The Morgan fingerprint density at radius 1 is 1.32 bits per heavy atom. The number of amides is 1. The molecule has 8 heteroatoms. The molecule has 0 bridgehead atoms. The number of carbonyl (C=O) groups excluding carboxylic acids is 1. The third-order valence-electron chi connectivity index (χ3n) is 4.45. The summed E-state index contributed by atoms with van der Waals surface area (Å²) < 4.78 is 38.2. The van der Waals surface area contributed by atoms with E-state index < -0.39 is 18.6 Å². The third-order valence-corrected chi connectivity index (χ3v) is 5.65. The SMILES string of the molecule is CN(CC(F)(F)F)C(=O)CN1CCC(c2nc3ccccc3s2)CC1. The van der Waals surface area contributed by atoms with Crippen LogP contribution in [0.5, 0.6) is 0 Å². The molecule has 3 rings (SSSR count). The van der Waals surface area contributed by atoms with Crippen molar-refractivity contribution >= 4 is 27.5 Å². The van der Waals surface area contributed by atoms with Gasteiger partial charge >= 0.3 is 6.18 Å². The second kappa shape index (κ2) is 7.29. The van der Waals surface area contributed by atoms with Crippen LogP contribution < -0.4 is 0 Å². The van der Waals surface area contributed by atoms with Gasteiger partial charge in [0.15, 0.2) is 0 Å². The number of alkyl halides is 3. The number of halogens is 3. The van der Waals surface area contributed by atoms with E-state index in [0.717, 1.165) is 28.3 Å². The Bertz CT molecular complexity index is 705. The fraction of sp³-hybridized carbons (Fsp3) is 0.529. The summed E-state index contributed by atoms with van der Waals surface area (Å²) in [6, 6.07) is 8.02. The van der Waals surface area contributed by atoms with Crippen molar-refractivity contribution in [1.82, 2.24) is 14.8 Å². The van der Waals surface area contributed by atoms with E-state index in [-0.39, 0.29) is 6.54 Å². The van der Waals surface area contributed by atoms with Gasteiger partial charge in [0.1, 0.15) is 6.54 Å². The van der Waals surface area contributed by atoms with Gasteiger partial charge in [0.2, 0.25) is 5.91 Å². The number of benzene rings is 1. The van der Waals surface area contributed by atoms with Crippen LogP contribution in [0.25, 0.3) is 10.2 Å². The molecule has 1 aromatic carbocycles. The van der Waals surface area contributed by atoms with Crippen LogP contribution in [-0.2, 0) is 4.79 Å². The third kappa shape index (κ3) is 4.70. The summed E-state index contributed by atoms with van der Waals surface area (Å²) in [7, 11) is 1.20. The average Bonchev–Trinajstić information content (AvgIpc) is 2.98. The van der Waals surface area contributed by atoms with E-state index in [1.807, 2.05) is 23.1 Å². The molecule has 4 nitrogen and oxygen atoms in total. The fourth-order valence-electron chi connectivity index (χ4n) is 3.07. The molecule has 0 saturated carbocycles. The average molecular weight is 371 g/mol. The summed E-state index contributed by atoms with van der Waals surface area (Å²) in [5.74, 6) is -0.132. The fourth-order valence-corrected chi connectivity index (χ4v) is 4.21. The summed E-state index contributed by atoms with van der Waals surface area (Å²) in [6.45, 7) is 0.242. The lowest BCUT2D eigenvalue weighted by Gasteiger charge is -2.31. The molecule has 136 valence electrons. The first kappa shape index (κ1) is 18.1. The van der Waals surface area contributed by atoms with Crippen molar-refractivity contribution in [3.63, 3.8) is 0 Å². The number of carbonyl (C=O) groups is 1. The van der Waals surface area contributed by atoms with Crippen LogP contribution in [0.2, 0.25) is 0 Å². The minimum atomic E-state index is -4.36. The van der Waals surface area contributed by atoms with Gasteiger partial charge in [0.25, 0.3) is 0 Å². The van der Waals surface area contributed by atoms with E-state index in [2.05, 4.69) is 6.07 Å². The zero-order valence-electron chi connectivity index (χ0n) is 13.9. The molecule has 1 amide bonds. The van der Waals surface area contributed by atoms with E-state index in [1.54, 1.807) is 11.3 Å². The number of rotatable bonds is 4. The number of nitrogens with zero attached hydrogens (tertiary/aromatic N) is 3. The number of hydrogen-bond acceptors (Lipinski definition) is 4. The summed E-state index contributed by atoms with van der Waals surface area (Å²) >= 11 is 1.70. The van der Waals surface area contributed by atoms with E-state index in [9.17, 15) is 18.0 Å². The maximum absolute atomic E-state index is 12.4. The molecule has 25 heavy (non-hydrogen) atoms. The number of aromatic nitrogens is 1. The zero-order chi connectivity index (χ0) is 18.0. The Labute approximate surface area is 148 Å². The molecule has 1 aliphatic rings. The lowest BCUT2D eigenvalue weighted by molar-refractivity contribution is -0.159. The van der Waals surface area contributed by atoms with Crippen molar-refractivity contribution in [3.05, 3.63) is 29.3 Å².